The topological polar surface area (TPSA) is 51.2 Å². The van der Waals surface area contributed by atoms with Crippen LogP contribution in [0.5, 0.6) is 11.5 Å². The lowest BCUT2D eigenvalue weighted by atomic mass is 9.78. The lowest BCUT2D eigenvalue weighted by Gasteiger charge is -2.16. The molecule has 0 amide bonds. The number of hydrogen-bond acceptors (Lipinski definition) is 5. The summed E-state index contributed by atoms with van der Waals surface area (Å²) in [5.74, 6) is 1.36. The van der Waals surface area contributed by atoms with Crippen LogP contribution in [0.2, 0.25) is 0 Å². The predicted molar refractivity (Wildman–Crippen MR) is 83.9 cm³/mol. The highest BCUT2D eigenvalue weighted by molar-refractivity contribution is 6.62. The first kappa shape index (κ1) is 13.5. The van der Waals surface area contributed by atoms with Gasteiger partial charge in [0.25, 0.3) is 0 Å². The molecule has 1 atom stereocenters. The summed E-state index contributed by atoms with van der Waals surface area (Å²) < 4.78 is 16.5. The van der Waals surface area contributed by atoms with Gasteiger partial charge in [-0.3, -0.25) is 0 Å². The summed E-state index contributed by atoms with van der Waals surface area (Å²) in [5, 5.41) is 10.2. The van der Waals surface area contributed by atoms with E-state index < -0.39 is 7.12 Å². The highest BCUT2D eigenvalue weighted by Gasteiger charge is 2.38. The standard InChI is InChI=1S/C16H16BNO4/c1-18(2)11-5-3-10(4-6-11)16-12-7-14-15(21-9-20-14)8-13(12)17(19)22-16/h3-8,16,19H,9H2,1-2H3. The second kappa shape index (κ2) is 4.93. The van der Waals surface area contributed by atoms with Crippen molar-refractivity contribution in [1.82, 2.24) is 0 Å². The van der Waals surface area contributed by atoms with Crippen molar-refractivity contribution in [3.63, 3.8) is 0 Å². The second-order valence-corrected chi connectivity index (χ2v) is 5.69. The molecule has 0 aliphatic carbocycles. The third-order valence-electron chi connectivity index (χ3n) is 4.10. The van der Waals surface area contributed by atoms with Gasteiger partial charge in [-0.1, -0.05) is 12.1 Å². The fraction of sp³-hybridized carbons (Fsp3) is 0.250. The van der Waals surface area contributed by atoms with E-state index in [1.165, 1.54) is 0 Å². The van der Waals surface area contributed by atoms with Crippen molar-refractivity contribution in [2.75, 3.05) is 25.8 Å². The average molecular weight is 297 g/mol. The molecule has 22 heavy (non-hydrogen) atoms. The zero-order valence-corrected chi connectivity index (χ0v) is 12.4. The maximum atomic E-state index is 10.2. The van der Waals surface area contributed by atoms with Crippen LogP contribution in [0.15, 0.2) is 36.4 Å². The Hall–Kier alpha value is -2.18. The SMILES string of the molecule is CN(C)c1ccc(C2OB(O)c3cc4c(cc32)OCO4)cc1. The van der Waals surface area contributed by atoms with Crippen LogP contribution in [0.3, 0.4) is 0 Å². The van der Waals surface area contributed by atoms with E-state index in [-0.39, 0.29) is 12.9 Å². The van der Waals surface area contributed by atoms with E-state index in [2.05, 4.69) is 0 Å². The van der Waals surface area contributed by atoms with E-state index in [1.807, 2.05) is 49.3 Å². The van der Waals surface area contributed by atoms with Gasteiger partial charge < -0.3 is 24.1 Å². The molecule has 5 nitrogen and oxygen atoms in total. The summed E-state index contributed by atoms with van der Waals surface area (Å²) in [5.41, 5.74) is 3.79. The Labute approximate surface area is 129 Å². The molecule has 0 fully saturated rings. The molecule has 2 aromatic carbocycles. The molecule has 0 spiro atoms. The van der Waals surface area contributed by atoms with Crippen LogP contribution >= 0.6 is 0 Å². The van der Waals surface area contributed by atoms with Gasteiger partial charge in [0.1, 0.15) is 0 Å². The van der Waals surface area contributed by atoms with Gasteiger partial charge in [-0.15, -0.1) is 0 Å². The van der Waals surface area contributed by atoms with E-state index in [4.69, 9.17) is 14.1 Å². The highest BCUT2D eigenvalue weighted by atomic mass is 16.7. The Bertz CT molecular complexity index is 717. The molecule has 112 valence electrons. The summed E-state index contributed by atoms with van der Waals surface area (Å²) in [6.07, 6.45) is -0.296. The number of fused-ring (bicyclic) bond motifs is 2. The Balaban J connectivity index is 1.73. The average Bonchev–Trinajstić information content (AvgIpc) is 3.10. The molecule has 4 rings (SSSR count). The van der Waals surface area contributed by atoms with Gasteiger partial charge in [0.15, 0.2) is 11.5 Å². The quantitative estimate of drug-likeness (QED) is 0.847. The summed E-state index contributed by atoms with van der Waals surface area (Å²) >= 11 is 0. The van der Waals surface area contributed by atoms with E-state index in [0.29, 0.717) is 11.5 Å². The summed E-state index contributed by atoms with van der Waals surface area (Å²) in [6, 6.07) is 11.8. The molecule has 6 heteroatoms. The minimum atomic E-state index is -0.942. The smallest absolute Gasteiger partial charge is 0.454 e. The molecular formula is C16H16BNO4. The number of benzene rings is 2. The molecule has 2 aliphatic rings. The molecule has 0 bridgehead atoms. The number of nitrogens with zero attached hydrogens (tertiary/aromatic N) is 1. The van der Waals surface area contributed by atoms with Crippen molar-refractivity contribution in [3.8, 4) is 11.5 Å². The van der Waals surface area contributed by atoms with Gasteiger partial charge >= 0.3 is 7.12 Å². The van der Waals surface area contributed by atoms with Gasteiger partial charge in [0.2, 0.25) is 6.79 Å². The van der Waals surface area contributed by atoms with Crippen LogP contribution in [0.1, 0.15) is 17.2 Å². The maximum Gasteiger partial charge on any atom is 0.492 e. The minimum absolute atomic E-state index is 0.220. The van der Waals surface area contributed by atoms with Gasteiger partial charge in [0, 0.05) is 19.8 Å². The molecule has 2 aromatic rings. The van der Waals surface area contributed by atoms with Crippen molar-refractivity contribution >= 4 is 18.3 Å². The summed E-state index contributed by atoms with van der Waals surface area (Å²) in [4.78, 5) is 2.04. The fourth-order valence-corrected chi connectivity index (χ4v) is 2.90. The van der Waals surface area contributed by atoms with E-state index >= 15 is 0 Å². The second-order valence-electron chi connectivity index (χ2n) is 5.69. The van der Waals surface area contributed by atoms with Crippen LogP contribution < -0.4 is 19.8 Å². The highest BCUT2D eigenvalue weighted by Crippen LogP contribution is 2.39. The number of anilines is 1. The largest absolute Gasteiger partial charge is 0.492 e. The summed E-state index contributed by atoms with van der Waals surface area (Å²) in [6.45, 7) is 0.220. The Morgan fingerprint density at radius 3 is 2.45 bits per heavy atom. The molecule has 0 radical (unpaired) electrons. The van der Waals surface area contributed by atoms with E-state index in [1.54, 1.807) is 6.07 Å². The van der Waals surface area contributed by atoms with Crippen molar-refractivity contribution in [1.29, 1.82) is 0 Å². The number of ether oxygens (including phenoxy) is 2. The van der Waals surface area contributed by atoms with Crippen LogP contribution in [-0.2, 0) is 4.65 Å². The number of rotatable bonds is 2. The predicted octanol–water partition coefficient (Wildman–Crippen LogP) is 1.29. The van der Waals surface area contributed by atoms with Crippen LogP contribution in [0, 0.1) is 0 Å². The zero-order chi connectivity index (χ0) is 15.3. The van der Waals surface area contributed by atoms with Gasteiger partial charge in [-0.05, 0) is 40.9 Å². The molecule has 0 saturated heterocycles. The molecule has 0 saturated carbocycles. The number of hydrogen-bond donors (Lipinski definition) is 1. The first-order valence-corrected chi connectivity index (χ1v) is 7.18. The fourth-order valence-electron chi connectivity index (χ4n) is 2.90. The Kier molecular flexibility index (Phi) is 3.02. The van der Waals surface area contributed by atoms with E-state index in [9.17, 15) is 5.02 Å². The van der Waals surface area contributed by atoms with Crippen LogP contribution in [-0.4, -0.2) is 33.0 Å². The molecule has 1 N–H and O–H groups in total. The molecule has 0 aromatic heterocycles. The van der Waals surface area contributed by atoms with Crippen molar-refractivity contribution in [2.24, 2.45) is 0 Å². The van der Waals surface area contributed by atoms with Crippen LogP contribution in [0.25, 0.3) is 0 Å². The van der Waals surface area contributed by atoms with Gasteiger partial charge in [0.05, 0.1) is 6.10 Å². The lowest BCUT2D eigenvalue weighted by Crippen LogP contribution is -2.27. The van der Waals surface area contributed by atoms with Crippen molar-refractivity contribution in [2.45, 2.75) is 6.10 Å². The zero-order valence-electron chi connectivity index (χ0n) is 12.4. The first-order chi connectivity index (χ1) is 10.6. The molecule has 2 aliphatic heterocycles. The third kappa shape index (κ3) is 2.03. The van der Waals surface area contributed by atoms with E-state index in [0.717, 1.165) is 22.3 Å². The monoisotopic (exact) mass is 297 g/mol. The Morgan fingerprint density at radius 1 is 1.09 bits per heavy atom. The third-order valence-corrected chi connectivity index (χ3v) is 4.10. The summed E-state index contributed by atoms with van der Waals surface area (Å²) in [7, 11) is 3.06. The minimum Gasteiger partial charge on any atom is -0.454 e. The molecule has 2 heterocycles. The van der Waals surface area contributed by atoms with Gasteiger partial charge in [-0.25, -0.2) is 0 Å². The molecular weight excluding hydrogens is 281 g/mol. The van der Waals surface area contributed by atoms with Gasteiger partial charge in [-0.2, -0.15) is 0 Å². The van der Waals surface area contributed by atoms with Crippen molar-refractivity contribution in [3.05, 3.63) is 47.5 Å². The normalized spacial score (nSPS) is 18.5. The van der Waals surface area contributed by atoms with Crippen LogP contribution in [0.4, 0.5) is 5.69 Å². The maximum absolute atomic E-state index is 10.2. The van der Waals surface area contributed by atoms with Crippen molar-refractivity contribution < 1.29 is 19.2 Å². The lowest BCUT2D eigenvalue weighted by molar-refractivity contribution is 0.173. The Morgan fingerprint density at radius 2 is 1.77 bits per heavy atom. The molecule has 1 unspecified atom stereocenters. The first-order valence-electron chi connectivity index (χ1n) is 7.18.